The highest BCUT2D eigenvalue weighted by Gasteiger charge is 2.12. The van der Waals surface area contributed by atoms with E-state index in [1.165, 1.54) is 51.4 Å². The molecule has 0 aliphatic heterocycles. The van der Waals surface area contributed by atoms with Gasteiger partial charge in [0.05, 0.1) is 0 Å². The Bertz CT molecular complexity index is 92.6. The average molecular weight is 167 g/mol. The van der Waals surface area contributed by atoms with Crippen LogP contribution in [0.3, 0.4) is 0 Å². The Morgan fingerprint density at radius 1 is 0.917 bits per heavy atom. The quantitative estimate of drug-likeness (QED) is 0.503. The SMILES string of the molecule is C[C]1CCCCCCCCC1C. The Balaban J connectivity index is 2.26. The van der Waals surface area contributed by atoms with Crippen LogP contribution in [0, 0.1) is 11.8 Å². The fraction of sp³-hybridized carbons (Fsp3) is 0.917. The Hall–Kier alpha value is 0. The van der Waals surface area contributed by atoms with Gasteiger partial charge in [0.1, 0.15) is 0 Å². The van der Waals surface area contributed by atoms with E-state index < -0.39 is 0 Å². The lowest BCUT2D eigenvalue weighted by atomic mass is 9.85. The summed E-state index contributed by atoms with van der Waals surface area (Å²) in [5, 5.41) is 0. The highest BCUT2D eigenvalue weighted by atomic mass is 14.2. The number of hydrogen-bond donors (Lipinski definition) is 0. The third kappa shape index (κ3) is 3.60. The van der Waals surface area contributed by atoms with E-state index in [4.69, 9.17) is 0 Å². The Morgan fingerprint density at radius 2 is 1.50 bits per heavy atom. The van der Waals surface area contributed by atoms with E-state index in [9.17, 15) is 0 Å². The molecule has 0 nitrogen and oxygen atoms in total. The molecule has 1 radical (unpaired) electrons. The van der Waals surface area contributed by atoms with E-state index in [0.29, 0.717) is 0 Å². The van der Waals surface area contributed by atoms with Crippen LogP contribution >= 0.6 is 0 Å². The Labute approximate surface area is 77.7 Å². The summed E-state index contributed by atoms with van der Waals surface area (Å²) in [5.74, 6) is 2.64. The van der Waals surface area contributed by atoms with E-state index in [-0.39, 0.29) is 0 Å². The predicted molar refractivity (Wildman–Crippen MR) is 55.0 cm³/mol. The molecular formula is C12H23. The zero-order valence-corrected chi connectivity index (χ0v) is 8.73. The summed E-state index contributed by atoms with van der Waals surface area (Å²) in [6, 6.07) is 0. The molecule has 1 rings (SSSR count). The second kappa shape index (κ2) is 5.61. The van der Waals surface area contributed by atoms with Crippen LogP contribution in [0.1, 0.15) is 65.2 Å². The van der Waals surface area contributed by atoms with Crippen LogP contribution in [0.25, 0.3) is 0 Å². The van der Waals surface area contributed by atoms with Gasteiger partial charge in [-0.15, -0.1) is 0 Å². The number of hydrogen-bond acceptors (Lipinski definition) is 0. The summed E-state index contributed by atoms with van der Waals surface area (Å²) in [7, 11) is 0. The molecule has 0 heteroatoms. The van der Waals surface area contributed by atoms with E-state index in [2.05, 4.69) is 13.8 Å². The molecular weight excluding hydrogens is 144 g/mol. The fourth-order valence-electron chi connectivity index (χ4n) is 2.05. The summed E-state index contributed by atoms with van der Waals surface area (Å²) in [4.78, 5) is 0. The highest BCUT2D eigenvalue weighted by molar-refractivity contribution is 4.89. The van der Waals surface area contributed by atoms with Gasteiger partial charge in [-0.1, -0.05) is 58.8 Å². The molecule has 1 aliphatic rings. The Morgan fingerprint density at radius 3 is 2.25 bits per heavy atom. The summed E-state index contributed by atoms with van der Waals surface area (Å²) in [5.41, 5.74) is 0. The molecule has 1 atom stereocenters. The van der Waals surface area contributed by atoms with E-state index in [0.717, 1.165) is 5.92 Å². The standard InChI is InChI=1S/C12H23/c1-11-9-7-5-3-4-6-8-10-12(11)2/h11H,3-10H2,1-2H3. The van der Waals surface area contributed by atoms with Gasteiger partial charge < -0.3 is 0 Å². The molecule has 0 heterocycles. The highest BCUT2D eigenvalue weighted by Crippen LogP contribution is 2.27. The van der Waals surface area contributed by atoms with Gasteiger partial charge in [0.2, 0.25) is 0 Å². The summed E-state index contributed by atoms with van der Waals surface area (Å²) >= 11 is 0. The molecule has 0 aromatic carbocycles. The maximum absolute atomic E-state index is 2.40. The molecule has 1 aliphatic carbocycles. The number of rotatable bonds is 0. The van der Waals surface area contributed by atoms with Gasteiger partial charge in [-0.2, -0.15) is 0 Å². The van der Waals surface area contributed by atoms with Crippen molar-refractivity contribution in [2.24, 2.45) is 5.92 Å². The van der Waals surface area contributed by atoms with Crippen LogP contribution in [0.4, 0.5) is 0 Å². The normalized spacial score (nSPS) is 30.0. The monoisotopic (exact) mass is 167 g/mol. The van der Waals surface area contributed by atoms with Crippen LogP contribution in [0.5, 0.6) is 0 Å². The van der Waals surface area contributed by atoms with Crippen LogP contribution in [0.2, 0.25) is 0 Å². The van der Waals surface area contributed by atoms with Crippen molar-refractivity contribution in [1.82, 2.24) is 0 Å². The zero-order valence-electron chi connectivity index (χ0n) is 8.73. The van der Waals surface area contributed by atoms with E-state index >= 15 is 0 Å². The predicted octanol–water partition coefficient (Wildman–Crippen LogP) is 4.35. The van der Waals surface area contributed by atoms with Crippen molar-refractivity contribution in [3.05, 3.63) is 5.92 Å². The third-order valence-electron chi connectivity index (χ3n) is 3.30. The van der Waals surface area contributed by atoms with E-state index in [1.807, 2.05) is 0 Å². The van der Waals surface area contributed by atoms with Crippen molar-refractivity contribution in [2.45, 2.75) is 65.2 Å². The molecule has 1 fully saturated rings. The molecule has 0 spiro atoms. The molecule has 0 saturated heterocycles. The van der Waals surface area contributed by atoms with Crippen molar-refractivity contribution in [3.63, 3.8) is 0 Å². The second-order valence-electron chi connectivity index (χ2n) is 4.41. The molecule has 0 N–H and O–H groups in total. The van der Waals surface area contributed by atoms with Crippen molar-refractivity contribution >= 4 is 0 Å². The maximum atomic E-state index is 2.40. The summed E-state index contributed by atoms with van der Waals surface area (Å²) in [6.07, 6.45) is 11.6. The molecule has 0 amide bonds. The van der Waals surface area contributed by atoms with Gasteiger partial charge in [-0.05, 0) is 18.3 Å². The van der Waals surface area contributed by atoms with E-state index in [1.54, 1.807) is 5.92 Å². The second-order valence-corrected chi connectivity index (χ2v) is 4.41. The minimum atomic E-state index is 0.892. The molecule has 0 aromatic heterocycles. The first-order valence-corrected chi connectivity index (χ1v) is 5.63. The zero-order chi connectivity index (χ0) is 8.81. The topological polar surface area (TPSA) is 0 Å². The molecule has 1 unspecified atom stereocenters. The molecule has 71 valence electrons. The fourth-order valence-corrected chi connectivity index (χ4v) is 2.05. The lowest BCUT2D eigenvalue weighted by Crippen LogP contribution is -2.06. The van der Waals surface area contributed by atoms with Gasteiger partial charge >= 0.3 is 0 Å². The largest absolute Gasteiger partial charge is 0.0620 e. The van der Waals surface area contributed by atoms with Crippen molar-refractivity contribution < 1.29 is 0 Å². The van der Waals surface area contributed by atoms with Gasteiger partial charge in [-0.3, -0.25) is 0 Å². The molecule has 12 heavy (non-hydrogen) atoms. The van der Waals surface area contributed by atoms with Crippen LogP contribution in [-0.2, 0) is 0 Å². The smallest absolute Gasteiger partial charge is 0.0244 e. The minimum Gasteiger partial charge on any atom is -0.0620 e. The van der Waals surface area contributed by atoms with Gasteiger partial charge in [0.25, 0.3) is 0 Å². The van der Waals surface area contributed by atoms with Crippen molar-refractivity contribution in [1.29, 1.82) is 0 Å². The van der Waals surface area contributed by atoms with Crippen LogP contribution < -0.4 is 0 Å². The molecule has 1 saturated carbocycles. The molecule has 0 bridgehead atoms. The maximum Gasteiger partial charge on any atom is -0.0244 e. The molecule has 0 aromatic rings. The van der Waals surface area contributed by atoms with Crippen molar-refractivity contribution in [3.8, 4) is 0 Å². The first-order valence-electron chi connectivity index (χ1n) is 5.63. The minimum absolute atomic E-state index is 0.892. The van der Waals surface area contributed by atoms with Gasteiger partial charge in [0, 0.05) is 0 Å². The summed E-state index contributed by atoms with van der Waals surface area (Å²) < 4.78 is 0. The first-order chi connectivity index (χ1) is 5.80. The van der Waals surface area contributed by atoms with Crippen LogP contribution in [0.15, 0.2) is 0 Å². The first kappa shape index (κ1) is 10.1. The Kier molecular flexibility index (Phi) is 4.72. The van der Waals surface area contributed by atoms with Gasteiger partial charge in [0.15, 0.2) is 0 Å². The van der Waals surface area contributed by atoms with Gasteiger partial charge in [-0.25, -0.2) is 0 Å². The summed E-state index contributed by atoms with van der Waals surface area (Å²) in [6.45, 7) is 4.75. The van der Waals surface area contributed by atoms with Crippen molar-refractivity contribution in [2.75, 3.05) is 0 Å². The lowest BCUT2D eigenvalue weighted by molar-refractivity contribution is 0.445. The lowest BCUT2D eigenvalue weighted by Gasteiger charge is -2.20. The van der Waals surface area contributed by atoms with Crippen LogP contribution in [-0.4, -0.2) is 0 Å². The third-order valence-corrected chi connectivity index (χ3v) is 3.30. The average Bonchev–Trinajstić information content (AvgIpc) is 2.08.